The van der Waals surface area contributed by atoms with E-state index in [1.165, 1.54) is 19.1 Å². The molecule has 0 atom stereocenters. The number of carbonyl (C=O) groups is 2. The van der Waals surface area contributed by atoms with Crippen molar-refractivity contribution in [3.05, 3.63) is 60.2 Å². The Kier molecular flexibility index (Phi) is 5.26. The molecule has 0 aliphatic rings. The molecule has 134 valence electrons. The first kappa shape index (κ1) is 17.6. The number of carbonyl (C=O) groups excluding carboxylic acids is 2. The van der Waals surface area contributed by atoms with Gasteiger partial charge in [-0.1, -0.05) is 24.3 Å². The standard InChI is InChI=1S/C19H19FN4O2/c1-13(25)21-11-10-18-22-16-8-4-5-9-17(16)24(18)12-19(26)23-15-7-3-2-6-14(15)20/h2-9H,10-12H2,1H3,(H,21,25)(H,23,26). The minimum absolute atomic E-state index is 0.00422. The van der Waals surface area contributed by atoms with Gasteiger partial charge in [0.25, 0.3) is 0 Å². The zero-order valence-corrected chi connectivity index (χ0v) is 14.3. The summed E-state index contributed by atoms with van der Waals surface area (Å²) in [6.07, 6.45) is 0.487. The molecule has 0 aliphatic heterocycles. The Balaban J connectivity index is 1.82. The predicted octanol–water partition coefficient (Wildman–Crippen LogP) is 2.49. The number of amides is 2. The van der Waals surface area contributed by atoms with E-state index < -0.39 is 5.82 Å². The molecule has 0 unspecified atom stereocenters. The minimum Gasteiger partial charge on any atom is -0.356 e. The lowest BCUT2D eigenvalue weighted by atomic mass is 10.3. The van der Waals surface area contributed by atoms with Gasteiger partial charge in [0.05, 0.1) is 16.7 Å². The van der Waals surface area contributed by atoms with Crippen LogP contribution in [0.4, 0.5) is 10.1 Å². The third-order valence-corrected chi connectivity index (χ3v) is 3.91. The van der Waals surface area contributed by atoms with Crippen LogP contribution in [-0.4, -0.2) is 27.9 Å². The third-order valence-electron chi connectivity index (χ3n) is 3.91. The molecule has 0 aliphatic carbocycles. The van der Waals surface area contributed by atoms with Crippen LogP contribution >= 0.6 is 0 Å². The summed E-state index contributed by atoms with van der Waals surface area (Å²) in [6, 6.07) is 13.5. The molecule has 0 fully saturated rings. The molecule has 3 rings (SSSR count). The fraction of sp³-hybridized carbons (Fsp3) is 0.211. The fourth-order valence-corrected chi connectivity index (χ4v) is 2.74. The van der Waals surface area contributed by atoms with Crippen molar-refractivity contribution in [1.29, 1.82) is 0 Å². The van der Waals surface area contributed by atoms with Crippen LogP contribution in [0.3, 0.4) is 0 Å². The number of benzene rings is 2. The molecular formula is C19H19FN4O2. The van der Waals surface area contributed by atoms with E-state index in [2.05, 4.69) is 15.6 Å². The molecule has 7 heteroatoms. The number of fused-ring (bicyclic) bond motifs is 1. The molecule has 6 nitrogen and oxygen atoms in total. The molecule has 1 heterocycles. The number of hydrogen-bond donors (Lipinski definition) is 2. The highest BCUT2D eigenvalue weighted by Crippen LogP contribution is 2.17. The van der Waals surface area contributed by atoms with Crippen LogP contribution in [0, 0.1) is 5.82 Å². The summed E-state index contributed by atoms with van der Waals surface area (Å²) in [7, 11) is 0. The van der Waals surface area contributed by atoms with Crippen LogP contribution in [0.25, 0.3) is 11.0 Å². The first-order chi connectivity index (χ1) is 12.5. The Bertz CT molecular complexity index is 952. The van der Waals surface area contributed by atoms with E-state index in [4.69, 9.17) is 0 Å². The summed E-state index contributed by atoms with van der Waals surface area (Å²) in [5, 5.41) is 5.31. The zero-order chi connectivity index (χ0) is 18.5. The number of rotatable bonds is 6. The Hall–Kier alpha value is -3.22. The number of hydrogen-bond acceptors (Lipinski definition) is 3. The summed E-state index contributed by atoms with van der Waals surface area (Å²) in [4.78, 5) is 28.0. The molecule has 0 radical (unpaired) electrons. The lowest BCUT2D eigenvalue weighted by molar-refractivity contribution is -0.119. The number of halogens is 1. The van der Waals surface area contributed by atoms with Gasteiger partial charge in [0, 0.05) is 19.9 Å². The van der Waals surface area contributed by atoms with Crippen molar-refractivity contribution in [3.63, 3.8) is 0 Å². The Morgan fingerprint density at radius 3 is 2.62 bits per heavy atom. The maximum Gasteiger partial charge on any atom is 0.244 e. The molecule has 0 saturated carbocycles. The van der Waals surface area contributed by atoms with Crippen molar-refractivity contribution in [1.82, 2.24) is 14.9 Å². The van der Waals surface area contributed by atoms with Crippen LogP contribution in [0.2, 0.25) is 0 Å². The molecule has 2 amide bonds. The van der Waals surface area contributed by atoms with Crippen molar-refractivity contribution in [2.24, 2.45) is 0 Å². The van der Waals surface area contributed by atoms with E-state index in [0.29, 0.717) is 18.8 Å². The molecule has 0 spiro atoms. The molecule has 0 bridgehead atoms. The Labute approximate surface area is 150 Å². The summed E-state index contributed by atoms with van der Waals surface area (Å²) in [5.74, 6) is -0.269. The highest BCUT2D eigenvalue weighted by molar-refractivity contribution is 5.91. The SMILES string of the molecule is CC(=O)NCCc1nc2ccccc2n1CC(=O)Nc1ccccc1F. The second-order valence-corrected chi connectivity index (χ2v) is 5.86. The monoisotopic (exact) mass is 354 g/mol. The number of imidazole rings is 1. The summed E-state index contributed by atoms with van der Waals surface area (Å²) in [5.41, 5.74) is 1.72. The molecule has 1 aromatic heterocycles. The Morgan fingerprint density at radius 2 is 1.85 bits per heavy atom. The van der Waals surface area contributed by atoms with Gasteiger partial charge in [0.1, 0.15) is 18.2 Å². The van der Waals surface area contributed by atoms with Gasteiger partial charge in [-0.15, -0.1) is 0 Å². The second-order valence-electron chi connectivity index (χ2n) is 5.86. The number of nitrogens with zero attached hydrogens (tertiary/aromatic N) is 2. The topological polar surface area (TPSA) is 76.0 Å². The normalized spacial score (nSPS) is 10.7. The van der Waals surface area contributed by atoms with Crippen molar-refractivity contribution in [3.8, 4) is 0 Å². The average Bonchev–Trinajstić information content (AvgIpc) is 2.94. The smallest absolute Gasteiger partial charge is 0.244 e. The van der Waals surface area contributed by atoms with Crippen molar-refractivity contribution in [2.45, 2.75) is 19.9 Å². The lowest BCUT2D eigenvalue weighted by Crippen LogP contribution is -2.25. The molecule has 26 heavy (non-hydrogen) atoms. The van der Waals surface area contributed by atoms with E-state index in [1.54, 1.807) is 16.7 Å². The summed E-state index contributed by atoms with van der Waals surface area (Å²) in [6.45, 7) is 1.88. The first-order valence-electron chi connectivity index (χ1n) is 8.27. The molecule has 2 aromatic carbocycles. The van der Waals surface area contributed by atoms with Crippen molar-refractivity contribution < 1.29 is 14.0 Å². The maximum atomic E-state index is 13.7. The van der Waals surface area contributed by atoms with E-state index in [0.717, 1.165) is 11.0 Å². The van der Waals surface area contributed by atoms with Crippen LogP contribution in [0.15, 0.2) is 48.5 Å². The highest BCUT2D eigenvalue weighted by atomic mass is 19.1. The van der Waals surface area contributed by atoms with E-state index >= 15 is 0 Å². The van der Waals surface area contributed by atoms with Crippen molar-refractivity contribution >= 4 is 28.5 Å². The average molecular weight is 354 g/mol. The molecular weight excluding hydrogens is 335 g/mol. The maximum absolute atomic E-state index is 13.7. The van der Waals surface area contributed by atoms with Crippen LogP contribution in [0.5, 0.6) is 0 Å². The van der Waals surface area contributed by atoms with E-state index in [1.807, 2.05) is 24.3 Å². The van der Waals surface area contributed by atoms with Gasteiger partial charge in [-0.25, -0.2) is 9.37 Å². The zero-order valence-electron chi connectivity index (χ0n) is 14.3. The molecule has 3 aromatic rings. The van der Waals surface area contributed by atoms with Gasteiger partial charge < -0.3 is 15.2 Å². The number of nitrogens with one attached hydrogen (secondary N) is 2. The molecule has 0 saturated heterocycles. The summed E-state index contributed by atoms with van der Waals surface area (Å²) < 4.78 is 15.5. The van der Waals surface area contributed by atoms with Crippen LogP contribution in [0.1, 0.15) is 12.7 Å². The van der Waals surface area contributed by atoms with Gasteiger partial charge in [0.15, 0.2) is 0 Å². The summed E-state index contributed by atoms with van der Waals surface area (Å²) >= 11 is 0. The Morgan fingerprint density at radius 1 is 1.12 bits per heavy atom. The van der Waals surface area contributed by atoms with E-state index in [9.17, 15) is 14.0 Å². The van der Waals surface area contributed by atoms with E-state index in [-0.39, 0.29) is 24.0 Å². The van der Waals surface area contributed by atoms with Crippen molar-refractivity contribution in [2.75, 3.05) is 11.9 Å². The first-order valence-corrected chi connectivity index (χ1v) is 8.27. The van der Waals surface area contributed by atoms with Crippen LogP contribution < -0.4 is 10.6 Å². The van der Waals surface area contributed by atoms with Gasteiger partial charge in [0.2, 0.25) is 11.8 Å². The highest BCUT2D eigenvalue weighted by Gasteiger charge is 2.14. The van der Waals surface area contributed by atoms with Crippen LogP contribution in [-0.2, 0) is 22.6 Å². The van der Waals surface area contributed by atoms with Gasteiger partial charge in [-0.05, 0) is 24.3 Å². The second kappa shape index (κ2) is 7.77. The number of aromatic nitrogens is 2. The fourth-order valence-electron chi connectivity index (χ4n) is 2.74. The third kappa shape index (κ3) is 4.05. The lowest BCUT2D eigenvalue weighted by Gasteiger charge is -2.11. The largest absolute Gasteiger partial charge is 0.356 e. The quantitative estimate of drug-likeness (QED) is 0.714. The predicted molar refractivity (Wildman–Crippen MR) is 97.2 cm³/mol. The van der Waals surface area contributed by atoms with Gasteiger partial charge in [-0.3, -0.25) is 9.59 Å². The van der Waals surface area contributed by atoms with Gasteiger partial charge in [-0.2, -0.15) is 0 Å². The number of anilines is 1. The minimum atomic E-state index is -0.484. The molecule has 2 N–H and O–H groups in total. The van der Waals surface area contributed by atoms with Gasteiger partial charge >= 0.3 is 0 Å². The number of para-hydroxylation sites is 3.